The van der Waals surface area contributed by atoms with Crippen molar-refractivity contribution < 1.29 is 9.90 Å². The van der Waals surface area contributed by atoms with Gasteiger partial charge in [-0.3, -0.25) is 5.32 Å². The van der Waals surface area contributed by atoms with Gasteiger partial charge in [0, 0.05) is 6.07 Å². The standard InChI is InChI=1S/C19H26N4O2/c24-14-16(13-15-7-3-1-4-8-15)21-19(25)22-18-11-12-20-23(18)17-9-5-2-6-10-17/h1,3-4,7-8,11-12,16-17,24H,2,5-6,9-10,13-14H2,(H2,21,22,25)/t16-/m1/s1. The van der Waals surface area contributed by atoms with Gasteiger partial charge in [0.25, 0.3) is 0 Å². The lowest BCUT2D eigenvalue weighted by Gasteiger charge is -2.24. The van der Waals surface area contributed by atoms with Gasteiger partial charge >= 0.3 is 6.03 Å². The quantitative estimate of drug-likeness (QED) is 0.755. The van der Waals surface area contributed by atoms with Crippen molar-refractivity contribution in [1.29, 1.82) is 0 Å². The lowest BCUT2D eigenvalue weighted by atomic mass is 9.96. The van der Waals surface area contributed by atoms with Crippen molar-refractivity contribution in [2.24, 2.45) is 0 Å². The number of aromatic nitrogens is 2. The molecule has 0 radical (unpaired) electrons. The van der Waals surface area contributed by atoms with E-state index in [9.17, 15) is 9.90 Å². The van der Waals surface area contributed by atoms with Gasteiger partial charge in [0.15, 0.2) is 0 Å². The number of carbonyl (C=O) groups is 1. The zero-order chi connectivity index (χ0) is 17.5. The van der Waals surface area contributed by atoms with E-state index in [0.29, 0.717) is 18.3 Å². The first kappa shape index (κ1) is 17.5. The van der Waals surface area contributed by atoms with Crippen molar-refractivity contribution in [1.82, 2.24) is 15.1 Å². The van der Waals surface area contributed by atoms with E-state index in [-0.39, 0.29) is 18.7 Å². The molecule has 1 aromatic heterocycles. The van der Waals surface area contributed by atoms with Crippen LogP contribution >= 0.6 is 0 Å². The number of aliphatic hydroxyl groups excluding tert-OH is 1. The number of rotatable bonds is 6. The Morgan fingerprint density at radius 2 is 1.96 bits per heavy atom. The summed E-state index contributed by atoms with van der Waals surface area (Å²) in [6, 6.07) is 11.4. The number of nitrogens with one attached hydrogen (secondary N) is 2. The molecule has 0 saturated heterocycles. The van der Waals surface area contributed by atoms with E-state index in [2.05, 4.69) is 15.7 Å². The van der Waals surface area contributed by atoms with Gasteiger partial charge in [-0.15, -0.1) is 0 Å². The van der Waals surface area contributed by atoms with Crippen molar-refractivity contribution in [3.63, 3.8) is 0 Å². The number of urea groups is 1. The summed E-state index contributed by atoms with van der Waals surface area (Å²) in [7, 11) is 0. The zero-order valence-electron chi connectivity index (χ0n) is 14.4. The largest absolute Gasteiger partial charge is 0.394 e. The van der Waals surface area contributed by atoms with Gasteiger partial charge in [0.05, 0.1) is 24.9 Å². The van der Waals surface area contributed by atoms with Crippen LogP contribution in [0.3, 0.4) is 0 Å². The number of amides is 2. The second kappa shape index (κ2) is 8.67. The number of benzene rings is 1. The molecule has 6 heteroatoms. The van der Waals surface area contributed by atoms with Crippen molar-refractivity contribution >= 4 is 11.8 Å². The van der Waals surface area contributed by atoms with Crippen molar-refractivity contribution in [2.45, 2.75) is 50.6 Å². The number of hydrogen-bond acceptors (Lipinski definition) is 3. The van der Waals surface area contributed by atoms with Crippen LogP contribution in [0.1, 0.15) is 43.7 Å². The van der Waals surface area contributed by atoms with Crippen LogP contribution in [-0.2, 0) is 6.42 Å². The molecular formula is C19H26N4O2. The molecule has 1 heterocycles. The first-order chi connectivity index (χ1) is 12.3. The number of nitrogens with zero attached hydrogens (tertiary/aromatic N) is 2. The third-order valence-corrected chi connectivity index (χ3v) is 4.71. The van der Waals surface area contributed by atoms with Crippen LogP contribution in [0.5, 0.6) is 0 Å². The number of anilines is 1. The first-order valence-electron chi connectivity index (χ1n) is 9.02. The summed E-state index contributed by atoms with van der Waals surface area (Å²) in [5.74, 6) is 0.709. The van der Waals surface area contributed by atoms with Crippen LogP contribution in [0.4, 0.5) is 10.6 Å². The summed E-state index contributed by atoms with van der Waals surface area (Å²) in [6.45, 7) is -0.107. The lowest BCUT2D eigenvalue weighted by molar-refractivity contribution is 0.224. The minimum absolute atomic E-state index is 0.107. The van der Waals surface area contributed by atoms with Gasteiger partial charge in [0.2, 0.25) is 0 Å². The summed E-state index contributed by atoms with van der Waals surface area (Å²) in [6.07, 6.45) is 8.21. The van der Waals surface area contributed by atoms with Crippen LogP contribution in [0.15, 0.2) is 42.6 Å². The zero-order valence-corrected chi connectivity index (χ0v) is 14.4. The highest BCUT2D eigenvalue weighted by molar-refractivity contribution is 5.88. The molecule has 3 rings (SSSR count). The van der Waals surface area contributed by atoms with Gasteiger partial charge in [0.1, 0.15) is 5.82 Å². The highest BCUT2D eigenvalue weighted by atomic mass is 16.3. The van der Waals surface area contributed by atoms with Gasteiger partial charge in [-0.05, 0) is 24.8 Å². The molecule has 6 nitrogen and oxygen atoms in total. The molecule has 0 unspecified atom stereocenters. The fraction of sp³-hybridized carbons (Fsp3) is 0.474. The fourth-order valence-electron chi connectivity index (χ4n) is 3.43. The smallest absolute Gasteiger partial charge is 0.320 e. The van der Waals surface area contributed by atoms with E-state index in [1.807, 2.05) is 41.1 Å². The molecule has 0 spiro atoms. The predicted molar refractivity (Wildman–Crippen MR) is 97.5 cm³/mol. The Labute approximate surface area is 148 Å². The van der Waals surface area contributed by atoms with E-state index in [0.717, 1.165) is 18.4 Å². The molecule has 3 N–H and O–H groups in total. The van der Waals surface area contributed by atoms with Crippen LogP contribution in [0, 0.1) is 0 Å². The third-order valence-electron chi connectivity index (χ3n) is 4.71. The molecule has 0 aliphatic heterocycles. The van der Waals surface area contributed by atoms with Crippen molar-refractivity contribution in [2.75, 3.05) is 11.9 Å². The highest BCUT2D eigenvalue weighted by Gasteiger charge is 2.20. The second-order valence-corrected chi connectivity index (χ2v) is 6.62. The summed E-state index contributed by atoms with van der Waals surface area (Å²) < 4.78 is 1.92. The Bertz CT molecular complexity index is 665. The maximum Gasteiger partial charge on any atom is 0.320 e. The molecule has 1 aromatic carbocycles. The average Bonchev–Trinajstić information content (AvgIpc) is 3.10. The Morgan fingerprint density at radius 3 is 2.68 bits per heavy atom. The molecule has 1 saturated carbocycles. The first-order valence-corrected chi connectivity index (χ1v) is 9.02. The van der Waals surface area contributed by atoms with E-state index >= 15 is 0 Å². The van der Waals surface area contributed by atoms with Crippen LogP contribution < -0.4 is 10.6 Å². The Hall–Kier alpha value is -2.34. The SMILES string of the molecule is O=C(Nc1ccnn1C1CCCCC1)N[C@@H](CO)Cc1ccccc1. The maximum atomic E-state index is 12.3. The van der Waals surface area contributed by atoms with E-state index in [1.54, 1.807) is 6.20 Å². The fourth-order valence-corrected chi connectivity index (χ4v) is 3.43. The minimum atomic E-state index is -0.326. The van der Waals surface area contributed by atoms with Gasteiger partial charge in [-0.25, -0.2) is 9.48 Å². The molecule has 25 heavy (non-hydrogen) atoms. The maximum absolute atomic E-state index is 12.3. The van der Waals surface area contributed by atoms with Gasteiger partial charge in [-0.2, -0.15) is 5.10 Å². The predicted octanol–water partition coefficient (Wildman–Crippen LogP) is 3.11. The summed E-state index contributed by atoms with van der Waals surface area (Å²) >= 11 is 0. The third kappa shape index (κ3) is 4.82. The lowest BCUT2D eigenvalue weighted by Crippen LogP contribution is -2.42. The summed E-state index contributed by atoms with van der Waals surface area (Å²) in [5, 5.41) is 19.7. The average molecular weight is 342 g/mol. The molecule has 1 aliphatic carbocycles. The topological polar surface area (TPSA) is 79.2 Å². The minimum Gasteiger partial charge on any atom is -0.394 e. The molecule has 134 valence electrons. The van der Waals surface area contributed by atoms with Gasteiger partial charge in [-0.1, -0.05) is 49.6 Å². The monoisotopic (exact) mass is 342 g/mol. The Balaban J connectivity index is 1.57. The number of aliphatic hydroxyl groups is 1. The van der Waals surface area contributed by atoms with Crippen molar-refractivity contribution in [3.8, 4) is 0 Å². The van der Waals surface area contributed by atoms with E-state index < -0.39 is 0 Å². The highest BCUT2D eigenvalue weighted by Crippen LogP contribution is 2.29. The molecule has 2 amide bonds. The van der Waals surface area contributed by atoms with Gasteiger partial charge < -0.3 is 10.4 Å². The van der Waals surface area contributed by atoms with Crippen molar-refractivity contribution in [3.05, 3.63) is 48.2 Å². The van der Waals surface area contributed by atoms with Crippen LogP contribution in [-0.4, -0.2) is 33.6 Å². The van der Waals surface area contributed by atoms with E-state index in [4.69, 9.17) is 0 Å². The van der Waals surface area contributed by atoms with Crippen LogP contribution in [0.25, 0.3) is 0 Å². The van der Waals surface area contributed by atoms with E-state index in [1.165, 1.54) is 19.3 Å². The Morgan fingerprint density at radius 1 is 1.20 bits per heavy atom. The molecule has 0 bridgehead atoms. The Kier molecular flexibility index (Phi) is 6.06. The summed E-state index contributed by atoms with van der Waals surface area (Å²) in [5.41, 5.74) is 1.08. The normalized spacial score (nSPS) is 16.4. The molecule has 1 atom stereocenters. The number of hydrogen-bond donors (Lipinski definition) is 3. The molecule has 1 aliphatic rings. The number of carbonyl (C=O) groups excluding carboxylic acids is 1. The molecule has 2 aromatic rings. The molecular weight excluding hydrogens is 316 g/mol. The molecule has 1 fully saturated rings. The second-order valence-electron chi connectivity index (χ2n) is 6.62. The summed E-state index contributed by atoms with van der Waals surface area (Å²) in [4.78, 5) is 12.3. The van der Waals surface area contributed by atoms with Crippen LogP contribution in [0.2, 0.25) is 0 Å².